The number of halogens is 1. The Morgan fingerprint density at radius 3 is 2.68 bits per heavy atom. The van der Waals surface area contributed by atoms with Crippen LogP contribution in [0.5, 0.6) is 5.75 Å². The summed E-state index contributed by atoms with van der Waals surface area (Å²) >= 11 is 0. The number of hydrogen-bond donors (Lipinski definition) is 2. The lowest BCUT2D eigenvalue weighted by Gasteiger charge is -2.28. The van der Waals surface area contributed by atoms with Crippen molar-refractivity contribution in [2.75, 3.05) is 33.3 Å². The Labute approximate surface area is 130 Å². The minimum atomic E-state index is -0.791. The second kappa shape index (κ2) is 8.10. The van der Waals surface area contributed by atoms with Crippen molar-refractivity contribution in [3.05, 3.63) is 30.1 Å². The quantitative estimate of drug-likeness (QED) is 0.824. The average molecular weight is 310 g/mol. The van der Waals surface area contributed by atoms with Crippen LogP contribution in [0.1, 0.15) is 12.8 Å². The lowest BCUT2D eigenvalue weighted by atomic mass is 9.96. The van der Waals surface area contributed by atoms with E-state index in [-0.39, 0.29) is 30.8 Å². The SMILES string of the molecule is CN1CCC(C(=O)NCC(O)COc2ccc(F)cc2)CC1. The van der Waals surface area contributed by atoms with Gasteiger partial charge < -0.3 is 20.1 Å². The predicted octanol–water partition coefficient (Wildman–Crippen LogP) is 1.02. The maximum Gasteiger partial charge on any atom is 0.223 e. The van der Waals surface area contributed by atoms with Gasteiger partial charge in [-0.15, -0.1) is 0 Å². The van der Waals surface area contributed by atoms with Gasteiger partial charge in [-0.1, -0.05) is 0 Å². The summed E-state index contributed by atoms with van der Waals surface area (Å²) < 4.78 is 18.1. The highest BCUT2D eigenvalue weighted by molar-refractivity contribution is 5.78. The number of piperidine rings is 1. The van der Waals surface area contributed by atoms with Gasteiger partial charge in [-0.2, -0.15) is 0 Å². The molecule has 1 aromatic carbocycles. The van der Waals surface area contributed by atoms with Gasteiger partial charge in [0.15, 0.2) is 0 Å². The maximum absolute atomic E-state index is 12.7. The van der Waals surface area contributed by atoms with E-state index in [1.165, 1.54) is 24.3 Å². The Bertz CT molecular complexity index is 473. The van der Waals surface area contributed by atoms with Crippen LogP contribution >= 0.6 is 0 Å². The molecule has 1 amide bonds. The molecule has 1 aliphatic heterocycles. The number of aliphatic hydroxyl groups is 1. The van der Waals surface area contributed by atoms with E-state index in [1.807, 2.05) is 7.05 Å². The van der Waals surface area contributed by atoms with E-state index < -0.39 is 6.10 Å². The maximum atomic E-state index is 12.7. The molecule has 1 aliphatic rings. The molecule has 2 rings (SSSR count). The minimum absolute atomic E-state index is 0.00562. The van der Waals surface area contributed by atoms with E-state index in [1.54, 1.807) is 0 Å². The topological polar surface area (TPSA) is 61.8 Å². The third-order valence-corrected chi connectivity index (χ3v) is 3.86. The summed E-state index contributed by atoms with van der Waals surface area (Å²) in [6.07, 6.45) is 0.912. The Kier molecular flexibility index (Phi) is 6.15. The standard InChI is InChI=1S/C16H23FN2O3/c1-19-8-6-12(7-9-19)16(21)18-10-14(20)11-22-15-4-2-13(17)3-5-15/h2-5,12,14,20H,6-11H2,1H3,(H,18,21). The van der Waals surface area contributed by atoms with Gasteiger partial charge in [0.25, 0.3) is 0 Å². The molecular weight excluding hydrogens is 287 g/mol. The van der Waals surface area contributed by atoms with Gasteiger partial charge in [-0.25, -0.2) is 4.39 Å². The fraction of sp³-hybridized carbons (Fsp3) is 0.562. The molecule has 1 aromatic rings. The highest BCUT2D eigenvalue weighted by atomic mass is 19.1. The summed E-state index contributed by atoms with van der Waals surface area (Å²) in [5, 5.41) is 12.6. The summed E-state index contributed by atoms with van der Waals surface area (Å²) in [5.74, 6) is 0.177. The van der Waals surface area contributed by atoms with Gasteiger partial charge in [0.1, 0.15) is 24.3 Å². The number of nitrogens with zero attached hydrogens (tertiary/aromatic N) is 1. The molecular formula is C16H23FN2O3. The lowest BCUT2D eigenvalue weighted by Crippen LogP contribution is -2.42. The molecule has 1 unspecified atom stereocenters. The van der Waals surface area contributed by atoms with Crippen molar-refractivity contribution in [2.45, 2.75) is 18.9 Å². The third kappa shape index (κ3) is 5.27. The molecule has 2 N–H and O–H groups in total. The van der Waals surface area contributed by atoms with Crippen LogP contribution in [0.3, 0.4) is 0 Å². The van der Waals surface area contributed by atoms with Crippen molar-refractivity contribution in [1.29, 1.82) is 0 Å². The number of carbonyl (C=O) groups is 1. The molecule has 1 saturated heterocycles. The zero-order chi connectivity index (χ0) is 15.9. The fourth-order valence-electron chi connectivity index (χ4n) is 2.42. The monoisotopic (exact) mass is 310 g/mol. The van der Waals surface area contributed by atoms with Crippen LogP contribution in [-0.4, -0.2) is 55.3 Å². The van der Waals surface area contributed by atoms with Crippen LogP contribution in [0.25, 0.3) is 0 Å². The van der Waals surface area contributed by atoms with Gasteiger partial charge in [0, 0.05) is 12.5 Å². The zero-order valence-electron chi connectivity index (χ0n) is 12.8. The summed E-state index contributed by atoms with van der Waals surface area (Å²) in [6.45, 7) is 2.06. The molecule has 22 heavy (non-hydrogen) atoms. The zero-order valence-corrected chi connectivity index (χ0v) is 12.8. The number of carbonyl (C=O) groups excluding carboxylic acids is 1. The molecule has 1 atom stereocenters. The van der Waals surface area contributed by atoms with Gasteiger partial charge in [0.05, 0.1) is 0 Å². The summed E-state index contributed by atoms with van der Waals surface area (Å²) in [6, 6.07) is 5.59. The molecule has 0 radical (unpaired) electrons. The van der Waals surface area contributed by atoms with E-state index in [2.05, 4.69) is 10.2 Å². The molecule has 1 heterocycles. The third-order valence-electron chi connectivity index (χ3n) is 3.86. The van der Waals surface area contributed by atoms with Crippen LogP contribution in [0.4, 0.5) is 4.39 Å². The number of amides is 1. The van der Waals surface area contributed by atoms with Crippen molar-refractivity contribution in [1.82, 2.24) is 10.2 Å². The van der Waals surface area contributed by atoms with Gasteiger partial charge >= 0.3 is 0 Å². The summed E-state index contributed by atoms with van der Waals surface area (Å²) in [4.78, 5) is 14.2. The normalized spacial score (nSPS) is 18.0. The van der Waals surface area contributed by atoms with Gasteiger partial charge in [-0.05, 0) is 57.2 Å². The summed E-state index contributed by atoms with van der Waals surface area (Å²) in [7, 11) is 2.05. The Morgan fingerprint density at radius 1 is 1.41 bits per heavy atom. The van der Waals surface area contributed by atoms with Crippen molar-refractivity contribution in [3.63, 3.8) is 0 Å². The highest BCUT2D eigenvalue weighted by Crippen LogP contribution is 2.16. The van der Waals surface area contributed by atoms with Crippen molar-refractivity contribution in [2.24, 2.45) is 5.92 Å². The lowest BCUT2D eigenvalue weighted by molar-refractivity contribution is -0.126. The molecule has 122 valence electrons. The largest absolute Gasteiger partial charge is 0.491 e. The van der Waals surface area contributed by atoms with Crippen molar-refractivity contribution < 1.29 is 19.0 Å². The van der Waals surface area contributed by atoms with Crippen LogP contribution in [0.2, 0.25) is 0 Å². The van der Waals surface area contributed by atoms with Crippen molar-refractivity contribution in [3.8, 4) is 5.75 Å². The molecule has 0 bridgehead atoms. The van der Waals surface area contributed by atoms with Gasteiger partial charge in [0.2, 0.25) is 5.91 Å². The number of ether oxygens (including phenoxy) is 1. The first-order valence-corrected chi connectivity index (χ1v) is 7.57. The average Bonchev–Trinajstić information content (AvgIpc) is 2.52. The second-order valence-electron chi connectivity index (χ2n) is 5.74. The first-order chi connectivity index (χ1) is 10.5. The molecule has 5 nitrogen and oxygen atoms in total. The molecule has 6 heteroatoms. The molecule has 0 aromatic heterocycles. The number of likely N-dealkylation sites (tertiary alicyclic amines) is 1. The van der Waals surface area contributed by atoms with E-state index >= 15 is 0 Å². The molecule has 0 spiro atoms. The first-order valence-electron chi connectivity index (χ1n) is 7.57. The van der Waals surface area contributed by atoms with E-state index in [0.29, 0.717) is 5.75 Å². The van der Waals surface area contributed by atoms with E-state index in [9.17, 15) is 14.3 Å². The smallest absolute Gasteiger partial charge is 0.223 e. The Balaban J connectivity index is 1.65. The summed E-state index contributed by atoms with van der Waals surface area (Å²) in [5.41, 5.74) is 0. The predicted molar refractivity (Wildman–Crippen MR) is 81.1 cm³/mol. The van der Waals surface area contributed by atoms with Crippen LogP contribution < -0.4 is 10.1 Å². The second-order valence-corrected chi connectivity index (χ2v) is 5.74. The van der Waals surface area contributed by atoms with E-state index in [0.717, 1.165) is 25.9 Å². The number of hydrogen-bond acceptors (Lipinski definition) is 4. The number of rotatable bonds is 6. The Morgan fingerprint density at radius 2 is 2.05 bits per heavy atom. The van der Waals surface area contributed by atoms with Crippen LogP contribution in [0.15, 0.2) is 24.3 Å². The van der Waals surface area contributed by atoms with Gasteiger partial charge in [-0.3, -0.25) is 4.79 Å². The fourth-order valence-corrected chi connectivity index (χ4v) is 2.42. The van der Waals surface area contributed by atoms with Crippen LogP contribution in [-0.2, 0) is 4.79 Å². The Hall–Kier alpha value is -1.66. The minimum Gasteiger partial charge on any atom is -0.491 e. The first kappa shape index (κ1) is 16.7. The van der Waals surface area contributed by atoms with Crippen LogP contribution in [0, 0.1) is 11.7 Å². The van der Waals surface area contributed by atoms with Crippen molar-refractivity contribution >= 4 is 5.91 Å². The molecule has 0 saturated carbocycles. The molecule has 0 aliphatic carbocycles. The van der Waals surface area contributed by atoms with E-state index in [4.69, 9.17) is 4.74 Å². The number of benzene rings is 1. The molecule has 1 fully saturated rings. The highest BCUT2D eigenvalue weighted by Gasteiger charge is 2.23. The number of aliphatic hydroxyl groups excluding tert-OH is 1. The number of nitrogens with one attached hydrogen (secondary N) is 1.